The van der Waals surface area contributed by atoms with Crippen LogP contribution in [0.25, 0.3) is 0 Å². The summed E-state index contributed by atoms with van der Waals surface area (Å²) >= 11 is 5.68. The van der Waals surface area contributed by atoms with Crippen LogP contribution in [0.3, 0.4) is 0 Å². The lowest BCUT2D eigenvalue weighted by atomic mass is 9.99. The highest BCUT2D eigenvalue weighted by atomic mass is 32.2. The Morgan fingerprint density at radius 1 is 1.18 bits per heavy atom. The van der Waals surface area contributed by atoms with E-state index < -0.39 is 54.6 Å². The van der Waals surface area contributed by atoms with Crippen molar-refractivity contribution in [3.05, 3.63) is 30.3 Å². The molecule has 2 fully saturated rings. The molecule has 10 nitrogen and oxygen atoms in total. The van der Waals surface area contributed by atoms with Gasteiger partial charge in [0.2, 0.25) is 12.2 Å². The van der Waals surface area contributed by atoms with E-state index in [4.69, 9.17) is 9.47 Å². The summed E-state index contributed by atoms with van der Waals surface area (Å²) in [5.74, 6) is -2.94. The molecule has 2 heterocycles. The Morgan fingerprint density at radius 3 is 2.45 bits per heavy atom. The van der Waals surface area contributed by atoms with Crippen LogP contribution in [0.4, 0.5) is 0 Å². The number of rotatable bonds is 7. The molecule has 0 radical (unpaired) electrons. The first kappa shape index (κ1) is 25.8. The zero-order chi connectivity index (χ0) is 24.3. The Labute approximate surface area is 200 Å². The van der Waals surface area contributed by atoms with Gasteiger partial charge in [0, 0.05) is 28.4 Å². The summed E-state index contributed by atoms with van der Waals surface area (Å²) in [6.45, 7) is 1.97. The lowest BCUT2D eigenvalue weighted by Crippen LogP contribution is -2.61. The Morgan fingerprint density at radius 2 is 1.85 bits per heavy atom. The molecule has 1 aromatic carbocycles. The van der Waals surface area contributed by atoms with Crippen LogP contribution < -0.4 is 0 Å². The van der Waals surface area contributed by atoms with Gasteiger partial charge in [0.15, 0.2) is 6.10 Å². The number of carbonyl (C=O) groups is 3. The number of carboxylic acid groups (broad SMARTS) is 1. The van der Waals surface area contributed by atoms with Gasteiger partial charge in [-0.15, -0.1) is 11.8 Å². The van der Waals surface area contributed by atoms with E-state index in [2.05, 4.69) is 12.6 Å². The lowest BCUT2D eigenvalue weighted by molar-refractivity contribution is -0.287. The van der Waals surface area contributed by atoms with Crippen LogP contribution in [0, 0.1) is 5.92 Å². The van der Waals surface area contributed by atoms with E-state index >= 15 is 0 Å². The number of benzene rings is 1. The number of thioether (sulfide) groups is 1. The SMILES string of the molecule is C[C@H](CS)C(=O)N1C[C@@H](Sc2ccccc2)C[C@@H]1C(=O)O[C@@H]1O[C@H](C(=O)O)[C@@H](O)[C@H](O)[C@H]1O. The van der Waals surface area contributed by atoms with Crippen LogP contribution >= 0.6 is 24.4 Å². The third-order valence-electron chi connectivity index (χ3n) is 5.60. The van der Waals surface area contributed by atoms with Crippen molar-refractivity contribution < 1.29 is 44.3 Å². The predicted molar refractivity (Wildman–Crippen MR) is 120 cm³/mol. The summed E-state index contributed by atoms with van der Waals surface area (Å²) in [5.41, 5.74) is 0. The van der Waals surface area contributed by atoms with Crippen LogP contribution in [0.1, 0.15) is 13.3 Å². The average Bonchev–Trinajstić information content (AvgIpc) is 3.22. The summed E-state index contributed by atoms with van der Waals surface area (Å²) < 4.78 is 10.2. The maximum absolute atomic E-state index is 13.0. The Kier molecular flexibility index (Phi) is 8.65. The average molecular weight is 502 g/mol. The van der Waals surface area contributed by atoms with Crippen molar-refractivity contribution in [1.82, 2.24) is 4.90 Å². The van der Waals surface area contributed by atoms with Gasteiger partial charge in [-0.1, -0.05) is 25.1 Å². The standard InChI is InChI=1S/C21H27NO9S2/c1-10(9-32)18(26)22-8-12(33-11-5-3-2-4-6-11)7-13(22)20(29)31-21-16(25)14(23)15(24)17(30-21)19(27)28/h2-6,10,12-17,21,23-25,32H,7-9H2,1H3,(H,27,28)/t10-,12+,13-,14+,15+,16-,17+,21+/m1/s1. The number of aliphatic hydroxyl groups excluding tert-OH is 3. The molecule has 3 rings (SSSR count). The number of thiol groups is 1. The number of likely N-dealkylation sites (tertiary alicyclic amines) is 1. The largest absolute Gasteiger partial charge is 0.479 e. The molecule has 4 N–H and O–H groups in total. The maximum Gasteiger partial charge on any atom is 0.335 e. The molecule has 2 aliphatic heterocycles. The number of aliphatic hydroxyl groups is 3. The van der Waals surface area contributed by atoms with Crippen LogP contribution in [-0.4, -0.2) is 97.5 Å². The van der Waals surface area contributed by atoms with Gasteiger partial charge in [-0.3, -0.25) is 4.79 Å². The third-order valence-corrected chi connectivity index (χ3v) is 7.37. The minimum Gasteiger partial charge on any atom is -0.479 e. The molecule has 8 atom stereocenters. The van der Waals surface area contributed by atoms with Gasteiger partial charge in [0.25, 0.3) is 0 Å². The number of hydrogen-bond donors (Lipinski definition) is 5. The number of nitrogens with zero attached hydrogens (tertiary/aromatic N) is 1. The first-order chi connectivity index (χ1) is 15.6. The molecule has 0 unspecified atom stereocenters. The second-order valence-electron chi connectivity index (χ2n) is 8.05. The van der Waals surface area contributed by atoms with Crippen molar-refractivity contribution in [2.24, 2.45) is 5.92 Å². The van der Waals surface area contributed by atoms with Gasteiger partial charge >= 0.3 is 11.9 Å². The van der Waals surface area contributed by atoms with E-state index in [9.17, 15) is 34.8 Å². The fourth-order valence-corrected chi connectivity index (χ4v) is 5.11. The van der Waals surface area contributed by atoms with Crippen LogP contribution in [-0.2, 0) is 23.9 Å². The lowest BCUT2D eigenvalue weighted by Gasteiger charge is -2.38. The molecule has 2 saturated heterocycles. The van der Waals surface area contributed by atoms with Gasteiger partial charge in [0.1, 0.15) is 24.4 Å². The third kappa shape index (κ3) is 5.81. The van der Waals surface area contributed by atoms with Crippen molar-refractivity contribution in [1.29, 1.82) is 0 Å². The van der Waals surface area contributed by atoms with E-state index in [1.807, 2.05) is 30.3 Å². The van der Waals surface area contributed by atoms with Crippen molar-refractivity contribution in [3.63, 3.8) is 0 Å². The van der Waals surface area contributed by atoms with E-state index in [-0.39, 0.29) is 29.9 Å². The van der Waals surface area contributed by atoms with Crippen LogP contribution in [0.2, 0.25) is 0 Å². The minimum absolute atomic E-state index is 0.114. The molecule has 0 aliphatic carbocycles. The molecule has 33 heavy (non-hydrogen) atoms. The monoisotopic (exact) mass is 501 g/mol. The molecule has 0 bridgehead atoms. The molecule has 182 valence electrons. The zero-order valence-corrected chi connectivity index (χ0v) is 19.5. The second kappa shape index (κ2) is 11.1. The summed E-state index contributed by atoms with van der Waals surface area (Å²) in [6, 6.07) is 8.50. The molecule has 0 aromatic heterocycles. The molecular formula is C21H27NO9S2. The van der Waals surface area contributed by atoms with Gasteiger partial charge in [-0.25, -0.2) is 9.59 Å². The first-order valence-corrected chi connectivity index (χ1v) is 11.9. The Bertz CT molecular complexity index is 857. The second-order valence-corrected chi connectivity index (χ2v) is 9.79. The highest BCUT2D eigenvalue weighted by Gasteiger charge is 2.50. The molecule has 0 saturated carbocycles. The summed E-state index contributed by atoms with van der Waals surface area (Å²) in [5, 5.41) is 39.0. The van der Waals surface area contributed by atoms with Crippen LogP contribution in [0.5, 0.6) is 0 Å². The van der Waals surface area contributed by atoms with Gasteiger partial charge in [-0.2, -0.15) is 12.6 Å². The number of carboxylic acids is 1. The molecule has 1 amide bonds. The molecular weight excluding hydrogens is 474 g/mol. The van der Waals surface area contributed by atoms with Crippen LogP contribution in [0.15, 0.2) is 35.2 Å². The number of hydrogen-bond acceptors (Lipinski definition) is 10. The highest BCUT2D eigenvalue weighted by molar-refractivity contribution is 8.00. The van der Waals surface area contributed by atoms with Gasteiger partial charge in [-0.05, 0) is 18.6 Å². The first-order valence-electron chi connectivity index (χ1n) is 10.4. The van der Waals surface area contributed by atoms with Crippen molar-refractivity contribution in [3.8, 4) is 0 Å². The zero-order valence-electron chi connectivity index (χ0n) is 17.8. The molecule has 12 heteroatoms. The number of ether oxygens (including phenoxy) is 2. The number of aliphatic carboxylic acids is 1. The summed E-state index contributed by atoms with van der Waals surface area (Å²) in [6.07, 6.45) is -9.12. The highest BCUT2D eigenvalue weighted by Crippen LogP contribution is 2.35. The topological polar surface area (TPSA) is 154 Å². The fraction of sp³-hybridized carbons (Fsp3) is 0.571. The minimum atomic E-state index is -1.90. The number of amides is 1. The Hall–Kier alpha value is -1.83. The predicted octanol–water partition coefficient (Wildman–Crippen LogP) is -0.251. The maximum atomic E-state index is 13.0. The summed E-state index contributed by atoms with van der Waals surface area (Å²) in [4.78, 5) is 39.6. The fourth-order valence-electron chi connectivity index (χ4n) is 3.74. The molecule has 2 aliphatic rings. The Balaban J connectivity index is 1.76. The van der Waals surface area contributed by atoms with Crippen molar-refractivity contribution >= 4 is 42.2 Å². The van der Waals surface area contributed by atoms with E-state index in [1.54, 1.807) is 6.92 Å². The van der Waals surface area contributed by atoms with Crippen molar-refractivity contribution in [2.45, 2.75) is 60.2 Å². The number of carbonyl (C=O) groups excluding carboxylic acids is 2. The van der Waals surface area contributed by atoms with Gasteiger partial charge in [0.05, 0.1) is 0 Å². The molecule has 0 spiro atoms. The molecule has 1 aromatic rings. The van der Waals surface area contributed by atoms with E-state index in [0.29, 0.717) is 0 Å². The van der Waals surface area contributed by atoms with E-state index in [1.165, 1.54) is 16.7 Å². The van der Waals surface area contributed by atoms with E-state index in [0.717, 1.165) is 4.90 Å². The van der Waals surface area contributed by atoms with Gasteiger partial charge < -0.3 is 34.8 Å². The normalized spacial score (nSPS) is 32.9. The summed E-state index contributed by atoms with van der Waals surface area (Å²) in [7, 11) is 0. The number of esters is 1. The quantitative estimate of drug-likeness (QED) is 0.250. The van der Waals surface area contributed by atoms with Crippen molar-refractivity contribution in [2.75, 3.05) is 12.3 Å². The smallest absolute Gasteiger partial charge is 0.335 e.